The van der Waals surface area contributed by atoms with Crippen molar-refractivity contribution in [3.8, 4) is 11.5 Å². The van der Waals surface area contributed by atoms with Crippen molar-refractivity contribution in [2.24, 2.45) is 0 Å². The Labute approximate surface area is 182 Å². The molecule has 0 saturated heterocycles. The quantitative estimate of drug-likeness (QED) is 0.510. The monoisotopic (exact) mass is 421 g/mol. The average molecular weight is 421 g/mol. The van der Waals surface area contributed by atoms with Crippen molar-refractivity contribution in [3.63, 3.8) is 0 Å². The maximum absolute atomic E-state index is 13.3. The first kappa shape index (κ1) is 22.2. The summed E-state index contributed by atoms with van der Waals surface area (Å²) >= 11 is 0. The Morgan fingerprint density at radius 3 is 2.26 bits per heavy atom. The molecule has 0 spiro atoms. The molecule has 0 aliphatic carbocycles. The van der Waals surface area contributed by atoms with Gasteiger partial charge < -0.3 is 19.5 Å². The fraction of sp³-hybridized carbons (Fsp3) is 0.280. The highest BCUT2D eigenvalue weighted by atomic mass is 16.5. The van der Waals surface area contributed by atoms with Gasteiger partial charge in [0.25, 0.3) is 5.91 Å². The Balaban J connectivity index is 1.88. The predicted molar refractivity (Wildman–Crippen MR) is 120 cm³/mol. The maximum Gasteiger partial charge on any atom is 0.329 e. The summed E-state index contributed by atoms with van der Waals surface area (Å²) < 4.78 is 11.7. The standard InChI is InChI=1S/C25H27NO5/c1-4-25(2,24(28)29)26(3)23(27)21-15-14-18-10-8-9-13-20(18)22(21)31-17-16-30-19-11-6-5-7-12-19/h5-15H,4,16-17H2,1-3H3,(H,28,29). The van der Waals surface area contributed by atoms with Crippen LogP contribution in [0.1, 0.15) is 30.6 Å². The fourth-order valence-corrected chi connectivity index (χ4v) is 3.32. The van der Waals surface area contributed by atoms with E-state index in [4.69, 9.17) is 9.47 Å². The van der Waals surface area contributed by atoms with Gasteiger partial charge in [0, 0.05) is 12.4 Å². The van der Waals surface area contributed by atoms with Gasteiger partial charge >= 0.3 is 5.97 Å². The molecule has 0 aliphatic heterocycles. The third-order valence-electron chi connectivity index (χ3n) is 5.65. The number of carboxylic acids is 1. The number of amides is 1. The van der Waals surface area contributed by atoms with Gasteiger partial charge in [-0.05, 0) is 36.9 Å². The van der Waals surface area contributed by atoms with Gasteiger partial charge in [-0.15, -0.1) is 0 Å². The summed E-state index contributed by atoms with van der Waals surface area (Å²) in [4.78, 5) is 26.4. The average Bonchev–Trinajstić information content (AvgIpc) is 2.80. The molecule has 6 nitrogen and oxygen atoms in total. The molecule has 0 aromatic heterocycles. The van der Waals surface area contributed by atoms with E-state index in [0.717, 1.165) is 16.5 Å². The molecule has 0 heterocycles. The Morgan fingerprint density at radius 2 is 1.58 bits per heavy atom. The van der Waals surface area contributed by atoms with E-state index in [-0.39, 0.29) is 13.0 Å². The Bertz CT molecular complexity index is 1070. The van der Waals surface area contributed by atoms with E-state index in [2.05, 4.69) is 0 Å². The molecule has 3 aromatic carbocycles. The van der Waals surface area contributed by atoms with Crippen molar-refractivity contribution >= 4 is 22.6 Å². The Morgan fingerprint density at radius 1 is 0.935 bits per heavy atom. The summed E-state index contributed by atoms with van der Waals surface area (Å²) in [6, 6.07) is 20.6. The van der Waals surface area contributed by atoms with Crippen LogP contribution >= 0.6 is 0 Å². The van der Waals surface area contributed by atoms with E-state index in [1.165, 1.54) is 11.9 Å². The van der Waals surface area contributed by atoms with Crippen LogP contribution < -0.4 is 9.47 Å². The summed E-state index contributed by atoms with van der Waals surface area (Å²) in [5, 5.41) is 11.4. The van der Waals surface area contributed by atoms with Gasteiger partial charge in [-0.1, -0.05) is 55.5 Å². The lowest BCUT2D eigenvalue weighted by atomic mass is 9.95. The summed E-state index contributed by atoms with van der Waals surface area (Å²) in [7, 11) is 1.51. The number of ether oxygens (including phenoxy) is 2. The van der Waals surface area contributed by atoms with Crippen molar-refractivity contribution in [3.05, 3.63) is 72.3 Å². The van der Waals surface area contributed by atoms with Gasteiger partial charge in [0.15, 0.2) is 0 Å². The second-order valence-electron chi connectivity index (χ2n) is 7.47. The van der Waals surface area contributed by atoms with Crippen molar-refractivity contribution in [1.82, 2.24) is 4.90 Å². The summed E-state index contributed by atoms with van der Waals surface area (Å²) in [6.45, 7) is 3.83. The number of rotatable bonds is 9. The Hall–Kier alpha value is -3.54. The largest absolute Gasteiger partial charge is 0.490 e. The number of carbonyl (C=O) groups excluding carboxylic acids is 1. The van der Waals surface area contributed by atoms with Crippen LogP contribution in [-0.2, 0) is 4.79 Å². The van der Waals surface area contributed by atoms with Gasteiger partial charge in [-0.25, -0.2) is 4.79 Å². The number of benzene rings is 3. The molecular formula is C25H27NO5. The molecule has 3 rings (SSSR count). The van der Waals surface area contributed by atoms with Gasteiger partial charge in [0.1, 0.15) is 30.3 Å². The molecule has 1 unspecified atom stereocenters. The molecule has 6 heteroatoms. The molecular weight excluding hydrogens is 394 g/mol. The zero-order chi connectivity index (χ0) is 22.4. The number of hydrogen-bond acceptors (Lipinski definition) is 4. The third kappa shape index (κ3) is 4.63. The number of carbonyl (C=O) groups is 2. The van der Waals surface area contributed by atoms with Crippen LogP contribution in [0.25, 0.3) is 10.8 Å². The normalized spacial score (nSPS) is 12.7. The van der Waals surface area contributed by atoms with Crippen LogP contribution in [0.4, 0.5) is 0 Å². The number of carboxylic acid groups (broad SMARTS) is 1. The van der Waals surface area contributed by atoms with Crippen LogP contribution in [-0.4, -0.2) is 47.7 Å². The molecule has 0 aliphatic rings. The molecule has 0 bridgehead atoms. The number of nitrogens with zero attached hydrogens (tertiary/aromatic N) is 1. The smallest absolute Gasteiger partial charge is 0.329 e. The van der Waals surface area contributed by atoms with Crippen molar-refractivity contribution < 1.29 is 24.2 Å². The molecule has 162 valence electrons. The van der Waals surface area contributed by atoms with Gasteiger partial charge in [0.2, 0.25) is 0 Å². The van der Waals surface area contributed by atoms with Crippen LogP contribution in [0.15, 0.2) is 66.7 Å². The molecule has 1 atom stereocenters. The van der Waals surface area contributed by atoms with Crippen LogP contribution in [0.5, 0.6) is 11.5 Å². The molecule has 1 amide bonds. The molecule has 1 N–H and O–H groups in total. The maximum atomic E-state index is 13.3. The van der Waals surface area contributed by atoms with Crippen molar-refractivity contribution in [2.75, 3.05) is 20.3 Å². The number of hydrogen-bond donors (Lipinski definition) is 1. The van der Waals surface area contributed by atoms with Gasteiger partial charge in [-0.2, -0.15) is 0 Å². The highest BCUT2D eigenvalue weighted by Gasteiger charge is 2.39. The number of likely N-dealkylation sites (N-methyl/N-ethyl adjacent to an activating group) is 1. The van der Waals surface area contributed by atoms with E-state index in [9.17, 15) is 14.7 Å². The lowest BCUT2D eigenvalue weighted by Crippen LogP contribution is -2.52. The minimum Gasteiger partial charge on any atom is -0.490 e. The Kier molecular flexibility index (Phi) is 6.80. The van der Waals surface area contributed by atoms with E-state index < -0.39 is 17.4 Å². The van der Waals surface area contributed by atoms with Gasteiger partial charge in [-0.3, -0.25) is 4.79 Å². The lowest BCUT2D eigenvalue weighted by molar-refractivity contribution is -0.148. The molecule has 3 aromatic rings. The zero-order valence-electron chi connectivity index (χ0n) is 18.0. The van der Waals surface area contributed by atoms with Crippen LogP contribution in [0.2, 0.25) is 0 Å². The van der Waals surface area contributed by atoms with Crippen molar-refractivity contribution in [2.45, 2.75) is 25.8 Å². The highest BCUT2D eigenvalue weighted by molar-refractivity contribution is 6.05. The van der Waals surface area contributed by atoms with Crippen LogP contribution in [0.3, 0.4) is 0 Å². The predicted octanol–water partition coefficient (Wildman–Crippen LogP) is 4.62. The molecule has 0 fully saturated rings. The number of para-hydroxylation sites is 1. The topological polar surface area (TPSA) is 76.1 Å². The van der Waals surface area contributed by atoms with E-state index in [1.807, 2.05) is 60.7 Å². The minimum atomic E-state index is -1.32. The minimum absolute atomic E-state index is 0.233. The third-order valence-corrected chi connectivity index (χ3v) is 5.65. The summed E-state index contributed by atoms with van der Waals surface area (Å²) in [5.41, 5.74) is -1.00. The highest BCUT2D eigenvalue weighted by Crippen LogP contribution is 2.32. The SMILES string of the molecule is CCC(C)(C(=O)O)N(C)C(=O)c1ccc2ccccc2c1OCCOc1ccccc1. The number of aliphatic carboxylic acids is 1. The summed E-state index contributed by atoms with van der Waals surface area (Å²) in [5.74, 6) is -0.294. The molecule has 0 radical (unpaired) electrons. The second-order valence-corrected chi connectivity index (χ2v) is 7.47. The lowest BCUT2D eigenvalue weighted by Gasteiger charge is -2.34. The number of fused-ring (bicyclic) bond motifs is 1. The van der Waals surface area contributed by atoms with E-state index in [0.29, 0.717) is 17.9 Å². The molecule has 0 saturated carbocycles. The second kappa shape index (κ2) is 9.51. The van der Waals surface area contributed by atoms with Gasteiger partial charge in [0.05, 0.1) is 5.56 Å². The van der Waals surface area contributed by atoms with E-state index >= 15 is 0 Å². The summed E-state index contributed by atoms with van der Waals surface area (Å²) in [6.07, 6.45) is 0.277. The van der Waals surface area contributed by atoms with Crippen LogP contribution in [0, 0.1) is 0 Å². The fourth-order valence-electron chi connectivity index (χ4n) is 3.32. The van der Waals surface area contributed by atoms with E-state index in [1.54, 1.807) is 19.9 Å². The molecule has 31 heavy (non-hydrogen) atoms. The van der Waals surface area contributed by atoms with Crippen molar-refractivity contribution in [1.29, 1.82) is 0 Å². The first-order valence-electron chi connectivity index (χ1n) is 10.2. The first-order valence-corrected chi connectivity index (χ1v) is 10.2. The first-order chi connectivity index (χ1) is 14.9. The zero-order valence-corrected chi connectivity index (χ0v) is 18.0.